The lowest BCUT2D eigenvalue weighted by atomic mass is 10.2. The Morgan fingerprint density at radius 3 is 2.71 bits per heavy atom. The molecule has 0 saturated carbocycles. The number of aromatic nitrogens is 2. The average molecular weight is 261 g/mol. The minimum atomic E-state index is -0.991. The molecule has 0 unspecified atom stereocenters. The zero-order chi connectivity index (χ0) is 10.1. The third-order valence-electron chi connectivity index (χ3n) is 1.60. The monoisotopic (exact) mass is 260 g/mol. The molecule has 0 fully saturated rings. The fourth-order valence-electron chi connectivity index (χ4n) is 1.01. The molecule has 2 aromatic rings. The van der Waals surface area contributed by atoms with E-state index >= 15 is 0 Å². The predicted molar refractivity (Wildman–Crippen MR) is 47.4 cm³/mol. The molecule has 1 aromatic carbocycles. The highest BCUT2D eigenvalue weighted by Gasteiger charge is 2.14. The molecule has 0 radical (unpaired) electrons. The second kappa shape index (κ2) is 3.45. The van der Waals surface area contributed by atoms with Gasteiger partial charge < -0.3 is 4.52 Å². The first kappa shape index (κ1) is 9.26. The van der Waals surface area contributed by atoms with Gasteiger partial charge in [0.25, 0.3) is 0 Å². The van der Waals surface area contributed by atoms with E-state index in [0.717, 1.165) is 12.5 Å². The first-order valence-corrected chi connectivity index (χ1v) is 4.39. The van der Waals surface area contributed by atoms with Crippen LogP contribution in [0.25, 0.3) is 11.4 Å². The summed E-state index contributed by atoms with van der Waals surface area (Å²) in [5, 5.41) is 3.42. The van der Waals surface area contributed by atoms with Gasteiger partial charge in [0.2, 0.25) is 12.2 Å². The third kappa shape index (κ3) is 1.52. The maximum absolute atomic E-state index is 13.2. The minimum Gasteiger partial charge on any atom is -0.342 e. The lowest BCUT2D eigenvalue weighted by molar-refractivity contribution is 0.418. The minimum absolute atomic E-state index is 0.0164. The molecule has 0 amide bonds. The van der Waals surface area contributed by atoms with Gasteiger partial charge in [-0.25, -0.2) is 8.78 Å². The van der Waals surface area contributed by atoms with Crippen LogP contribution in [0.2, 0.25) is 0 Å². The molecule has 0 atom stereocenters. The maximum Gasteiger partial charge on any atom is 0.214 e. The summed E-state index contributed by atoms with van der Waals surface area (Å²) >= 11 is 3.04. The van der Waals surface area contributed by atoms with Gasteiger partial charge in [-0.2, -0.15) is 4.98 Å². The van der Waals surface area contributed by atoms with Crippen LogP contribution in [0, 0.1) is 11.6 Å². The van der Waals surface area contributed by atoms with Crippen LogP contribution >= 0.6 is 15.9 Å². The molecule has 14 heavy (non-hydrogen) atoms. The Balaban J connectivity index is 2.64. The SMILES string of the molecule is Fc1cc(Br)cc(-c2ncon2)c1F. The van der Waals surface area contributed by atoms with E-state index < -0.39 is 11.6 Å². The molecule has 1 aromatic heterocycles. The van der Waals surface area contributed by atoms with Crippen LogP contribution in [0.3, 0.4) is 0 Å². The van der Waals surface area contributed by atoms with E-state index in [1.807, 2.05) is 0 Å². The Hall–Kier alpha value is -1.30. The van der Waals surface area contributed by atoms with E-state index in [-0.39, 0.29) is 11.4 Å². The first-order chi connectivity index (χ1) is 6.68. The fraction of sp³-hybridized carbons (Fsp3) is 0. The molecule has 2 rings (SSSR count). The number of benzene rings is 1. The molecule has 0 bridgehead atoms. The topological polar surface area (TPSA) is 38.9 Å². The van der Waals surface area contributed by atoms with Gasteiger partial charge in [-0.3, -0.25) is 0 Å². The van der Waals surface area contributed by atoms with Crippen LogP contribution in [0.1, 0.15) is 0 Å². The number of nitrogens with zero attached hydrogens (tertiary/aromatic N) is 2. The first-order valence-electron chi connectivity index (χ1n) is 3.60. The van der Waals surface area contributed by atoms with E-state index in [9.17, 15) is 8.78 Å². The highest BCUT2D eigenvalue weighted by molar-refractivity contribution is 9.10. The van der Waals surface area contributed by atoms with Crippen LogP contribution in [0.4, 0.5) is 8.78 Å². The van der Waals surface area contributed by atoms with E-state index in [1.54, 1.807) is 0 Å². The van der Waals surface area contributed by atoms with Gasteiger partial charge in [0.15, 0.2) is 11.6 Å². The number of rotatable bonds is 1. The van der Waals surface area contributed by atoms with Crippen molar-refractivity contribution in [3.8, 4) is 11.4 Å². The van der Waals surface area contributed by atoms with Crippen molar-refractivity contribution in [3.63, 3.8) is 0 Å². The summed E-state index contributed by atoms with van der Waals surface area (Å²) < 4.78 is 31.0. The Kier molecular flexibility index (Phi) is 2.28. The summed E-state index contributed by atoms with van der Waals surface area (Å²) in [6, 6.07) is 2.40. The standard InChI is InChI=1S/C8H3BrF2N2O/c9-4-1-5(7(11)6(10)2-4)8-12-3-14-13-8/h1-3H. The quantitative estimate of drug-likeness (QED) is 0.741. The van der Waals surface area contributed by atoms with Crippen molar-refractivity contribution in [1.29, 1.82) is 0 Å². The molecule has 1 heterocycles. The summed E-state index contributed by atoms with van der Waals surface area (Å²) in [6.07, 6.45) is 1.05. The van der Waals surface area contributed by atoms with Gasteiger partial charge in [0.1, 0.15) is 0 Å². The number of halogens is 3. The molecule has 0 aliphatic rings. The van der Waals surface area contributed by atoms with Gasteiger partial charge in [-0.05, 0) is 12.1 Å². The zero-order valence-corrected chi connectivity index (χ0v) is 8.25. The normalized spacial score (nSPS) is 10.5. The third-order valence-corrected chi connectivity index (χ3v) is 2.05. The van der Waals surface area contributed by atoms with Crippen LogP contribution in [0.5, 0.6) is 0 Å². The number of hydrogen-bond donors (Lipinski definition) is 0. The second-order valence-corrected chi connectivity index (χ2v) is 3.42. The van der Waals surface area contributed by atoms with Gasteiger partial charge in [-0.15, -0.1) is 0 Å². The molecule has 0 aliphatic heterocycles. The molecule has 0 spiro atoms. The van der Waals surface area contributed by atoms with Crippen molar-refractivity contribution in [1.82, 2.24) is 10.1 Å². The van der Waals surface area contributed by atoms with Crippen molar-refractivity contribution in [2.75, 3.05) is 0 Å². The molecule has 3 nitrogen and oxygen atoms in total. The highest BCUT2D eigenvalue weighted by atomic mass is 79.9. The highest BCUT2D eigenvalue weighted by Crippen LogP contribution is 2.25. The van der Waals surface area contributed by atoms with Crippen molar-refractivity contribution in [2.24, 2.45) is 0 Å². The van der Waals surface area contributed by atoms with Crippen LogP contribution in [-0.4, -0.2) is 10.1 Å². The predicted octanol–water partition coefficient (Wildman–Crippen LogP) is 2.78. The second-order valence-electron chi connectivity index (χ2n) is 2.50. The molecule has 0 saturated heterocycles. The van der Waals surface area contributed by atoms with Gasteiger partial charge in [0, 0.05) is 4.47 Å². The van der Waals surface area contributed by atoms with E-state index in [0.29, 0.717) is 4.47 Å². The lowest BCUT2D eigenvalue weighted by Gasteiger charge is -1.99. The van der Waals surface area contributed by atoms with Crippen molar-refractivity contribution in [2.45, 2.75) is 0 Å². The van der Waals surface area contributed by atoms with Crippen molar-refractivity contribution in [3.05, 3.63) is 34.6 Å². The van der Waals surface area contributed by atoms with Crippen LogP contribution in [0.15, 0.2) is 27.5 Å². The summed E-state index contributed by atoms with van der Waals surface area (Å²) in [7, 11) is 0. The Labute approximate surface area is 85.9 Å². The van der Waals surface area contributed by atoms with E-state index in [1.165, 1.54) is 6.07 Å². The van der Waals surface area contributed by atoms with E-state index in [2.05, 4.69) is 30.6 Å². The Bertz CT molecular complexity index is 459. The van der Waals surface area contributed by atoms with Gasteiger partial charge in [0.05, 0.1) is 5.56 Å². The fourth-order valence-corrected chi connectivity index (χ4v) is 1.44. The molecule has 0 N–H and O–H groups in total. The van der Waals surface area contributed by atoms with Crippen LogP contribution < -0.4 is 0 Å². The van der Waals surface area contributed by atoms with Gasteiger partial charge >= 0.3 is 0 Å². The Morgan fingerprint density at radius 2 is 2.07 bits per heavy atom. The smallest absolute Gasteiger partial charge is 0.214 e. The molecular weight excluding hydrogens is 258 g/mol. The van der Waals surface area contributed by atoms with Gasteiger partial charge in [-0.1, -0.05) is 21.1 Å². The average Bonchev–Trinajstić information content (AvgIpc) is 2.63. The molecular formula is C8H3BrF2N2O. The van der Waals surface area contributed by atoms with Crippen molar-refractivity contribution >= 4 is 15.9 Å². The lowest BCUT2D eigenvalue weighted by Crippen LogP contribution is -1.91. The summed E-state index contributed by atoms with van der Waals surface area (Å²) in [4.78, 5) is 3.62. The van der Waals surface area contributed by atoms with Crippen molar-refractivity contribution < 1.29 is 13.3 Å². The van der Waals surface area contributed by atoms with Crippen LogP contribution in [-0.2, 0) is 0 Å². The molecule has 72 valence electrons. The molecule has 0 aliphatic carbocycles. The summed E-state index contributed by atoms with van der Waals surface area (Å²) in [5.41, 5.74) is -0.0365. The zero-order valence-electron chi connectivity index (χ0n) is 6.67. The Morgan fingerprint density at radius 1 is 1.29 bits per heavy atom. The summed E-state index contributed by atoms with van der Waals surface area (Å²) in [5.74, 6) is -1.93. The maximum atomic E-state index is 13.2. The largest absolute Gasteiger partial charge is 0.342 e. The molecule has 6 heteroatoms. The van der Waals surface area contributed by atoms with E-state index in [4.69, 9.17) is 0 Å². The number of hydrogen-bond acceptors (Lipinski definition) is 3. The summed E-state index contributed by atoms with van der Waals surface area (Å²) in [6.45, 7) is 0.